The number of aliphatic hydroxyl groups is 1. The molecule has 0 saturated heterocycles. The number of aromatic nitrogens is 2. The SMILES string of the molecule is Cc1nc2cc(Cl)ccn2c1C(=O)NCCOCCO. The second-order valence-corrected chi connectivity index (χ2v) is 4.65. The van der Waals surface area contributed by atoms with E-state index in [4.69, 9.17) is 21.4 Å². The predicted molar refractivity (Wildman–Crippen MR) is 75.2 cm³/mol. The van der Waals surface area contributed by atoms with Gasteiger partial charge in [-0.05, 0) is 13.0 Å². The Labute approximate surface area is 121 Å². The molecular weight excluding hydrogens is 282 g/mol. The molecule has 2 heterocycles. The summed E-state index contributed by atoms with van der Waals surface area (Å²) in [6.45, 7) is 2.75. The number of hydrogen-bond acceptors (Lipinski definition) is 4. The Hall–Kier alpha value is -1.63. The van der Waals surface area contributed by atoms with Gasteiger partial charge in [0.2, 0.25) is 0 Å². The van der Waals surface area contributed by atoms with E-state index >= 15 is 0 Å². The van der Waals surface area contributed by atoms with E-state index in [0.29, 0.717) is 35.2 Å². The largest absolute Gasteiger partial charge is 0.394 e. The van der Waals surface area contributed by atoms with E-state index in [9.17, 15) is 4.79 Å². The average Bonchev–Trinajstić information content (AvgIpc) is 2.73. The highest BCUT2D eigenvalue weighted by atomic mass is 35.5. The third kappa shape index (κ3) is 3.27. The van der Waals surface area contributed by atoms with Crippen LogP contribution in [0.15, 0.2) is 18.3 Å². The fourth-order valence-electron chi connectivity index (χ4n) is 1.90. The maximum absolute atomic E-state index is 12.1. The second kappa shape index (κ2) is 6.69. The number of fused-ring (bicyclic) bond motifs is 1. The number of aliphatic hydroxyl groups excluding tert-OH is 1. The molecule has 0 aliphatic rings. The third-order valence-corrected chi connectivity index (χ3v) is 2.98. The maximum Gasteiger partial charge on any atom is 0.270 e. The number of aryl methyl sites for hydroxylation is 1. The molecule has 2 N–H and O–H groups in total. The Bertz CT molecular complexity index is 612. The summed E-state index contributed by atoms with van der Waals surface area (Å²) in [5.41, 5.74) is 1.76. The van der Waals surface area contributed by atoms with Gasteiger partial charge in [0.05, 0.1) is 25.5 Å². The first kappa shape index (κ1) is 14.8. The molecule has 0 aromatic carbocycles. The van der Waals surface area contributed by atoms with Crippen molar-refractivity contribution in [2.45, 2.75) is 6.92 Å². The highest BCUT2D eigenvalue weighted by molar-refractivity contribution is 6.30. The number of hydrogen-bond donors (Lipinski definition) is 2. The molecule has 0 atom stereocenters. The molecule has 2 aromatic rings. The van der Waals surface area contributed by atoms with E-state index in [1.54, 1.807) is 29.7 Å². The van der Waals surface area contributed by atoms with Gasteiger partial charge in [0.15, 0.2) is 0 Å². The van der Waals surface area contributed by atoms with Gasteiger partial charge >= 0.3 is 0 Å². The molecule has 0 spiro atoms. The van der Waals surface area contributed by atoms with Gasteiger partial charge in [0.25, 0.3) is 5.91 Å². The number of nitrogens with zero attached hydrogens (tertiary/aromatic N) is 2. The molecule has 0 aliphatic carbocycles. The number of imidazole rings is 1. The van der Waals surface area contributed by atoms with Crippen molar-refractivity contribution in [3.8, 4) is 0 Å². The molecule has 0 radical (unpaired) electrons. The van der Waals surface area contributed by atoms with Crippen LogP contribution >= 0.6 is 11.6 Å². The molecule has 20 heavy (non-hydrogen) atoms. The normalized spacial score (nSPS) is 10.9. The van der Waals surface area contributed by atoms with Crippen LogP contribution in [0.4, 0.5) is 0 Å². The van der Waals surface area contributed by atoms with Crippen LogP contribution in [-0.2, 0) is 4.74 Å². The summed E-state index contributed by atoms with van der Waals surface area (Å²) in [6, 6.07) is 3.41. The van der Waals surface area contributed by atoms with E-state index in [0.717, 1.165) is 0 Å². The molecule has 2 aromatic heterocycles. The highest BCUT2D eigenvalue weighted by Crippen LogP contribution is 2.16. The zero-order valence-corrected chi connectivity index (χ0v) is 11.9. The second-order valence-electron chi connectivity index (χ2n) is 4.21. The average molecular weight is 298 g/mol. The highest BCUT2D eigenvalue weighted by Gasteiger charge is 2.16. The zero-order valence-electron chi connectivity index (χ0n) is 11.1. The minimum absolute atomic E-state index is 0.0267. The van der Waals surface area contributed by atoms with Crippen molar-refractivity contribution in [2.24, 2.45) is 0 Å². The molecule has 0 unspecified atom stereocenters. The van der Waals surface area contributed by atoms with Gasteiger partial charge in [0.1, 0.15) is 11.3 Å². The van der Waals surface area contributed by atoms with Gasteiger partial charge in [-0.25, -0.2) is 4.98 Å². The van der Waals surface area contributed by atoms with Gasteiger partial charge in [0, 0.05) is 23.8 Å². The van der Waals surface area contributed by atoms with Gasteiger partial charge in [-0.2, -0.15) is 0 Å². The van der Waals surface area contributed by atoms with E-state index in [1.807, 2.05) is 0 Å². The Morgan fingerprint density at radius 1 is 1.55 bits per heavy atom. The van der Waals surface area contributed by atoms with Crippen LogP contribution in [0.1, 0.15) is 16.2 Å². The van der Waals surface area contributed by atoms with Crippen LogP contribution in [0.3, 0.4) is 0 Å². The summed E-state index contributed by atoms with van der Waals surface area (Å²) < 4.78 is 6.78. The monoisotopic (exact) mass is 297 g/mol. The van der Waals surface area contributed by atoms with Crippen LogP contribution < -0.4 is 5.32 Å². The first-order valence-electron chi connectivity index (χ1n) is 6.24. The van der Waals surface area contributed by atoms with Crippen molar-refractivity contribution in [3.63, 3.8) is 0 Å². The third-order valence-electron chi connectivity index (χ3n) is 2.75. The van der Waals surface area contributed by atoms with E-state index < -0.39 is 0 Å². The molecule has 1 amide bonds. The molecule has 7 heteroatoms. The van der Waals surface area contributed by atoms with Crippen molar-refractivity contribution in [1.29, 1.82) is 0 Å². The number of carbonyl (C=O) groups is 1. The summed E-state index contributed by atoms with van der Waals surface area (Å²) in [7, 11) is 0. The molecule has 0 aliphatic heterocycles. The summed E-state index contributed by atoms with van der Waals surface area (Å²) in [4.78, 5) is 16.5. The van der Waals surface area contributed by atoms with Crippen LogP contribution in [-0.4, -0.2) is 46.8 Å². The zero-order chi connectivity index (χ0) is 14.5. The number of rotatable bonds is 6. The summed E-state index contributed by atoms with van der Waals surface area (Å²) in [6.07, 6.45) is 1.72. The molecule has 6 nitrogen and oxygen atoms in total. The van der Waals surface area contributed by atoms with Gasteiger partial charge < -0.3 is 15.2 Å². The fourth-order valence-corrected chi connectivity index (χ4v) is 2.05. The minimum Gasteiger partial charge on any atom is -0.394 e. The Morgan fingerprint density at radius 2 is 2.35 bits per heavy atom. The summed E-state index contributed by atoms with van der Waals surface area (Å²) >= 11 is 5.90. The molecule has 0 saturated carbocycles. The van der Waals surface area contributed by atoms with Crippen LogP contribution in [0, 0.1) is 6.92 Å². The standard InChI is InChI=1S/C13H16ClN3O3/c1-9-12(13(19)15-3-6-20-7-5-18)17-4-2-10(14)8-11(17)16-9/h2,4,8,18H,3,5-7H2,1H3,(H,15,19). The number of carbonyl (C=O) groups excluding carboxylic acids is 1. The Morgan fingerprint density at radius 3 is 3.10 bits per heavy atom. The number of nitrogens with one attached hydrogen (secondary N) is 1. The summed E-state index contributed by atoms with van der Waals surface area (Å²) in [5.74, 6) is -0.218. The number of amides is 1. The van der Waals surface area contributed by atoms with E-state index in [1.165, 1.54) is 0 Å². The molecule has 0 fully saturated rings. The van der Waals surface area contributed by atoms with Crippen LogP contribution in [0.5, 0.6) is 0 Å². The quantitative estimate of drug-likeness (QED) is 0.781. The number of ether oxygens (including phenoxy) is 1. The van der Waals surface area contributed by atoms with Crippen molar-refractivity contribution in [3.05, 3.63) is 34.7 Å². The lowest BCUT2D eigenvalue weighted by molar-refractivity contribution is 0.0834. The van der Waals surface area contributed by atoms with E-state index in [-0.39, 0.29) is 19.1 Å². The van der Waals surface area contributed by atoms with Crippen molar-refractivity contribution >= 4 is 23.2 Å². The van der Waals surface area contributed by atoms with Gasteiger partial charge in [-0.3, -0.25) is 9.20 Å². The van der Waals surface area contributed by atoms with E-state index in [2.05, 4.69) is 10.3 Å². The topological polar surface area (TPSA) is 75.9 Å². The Balaban J connectivity index is 2.08. The first-order valence-corrected chi connectivity index (χ1v) is 6.62. The molecule has 108 valence electrons. The van der Waals surface area contributed by atoms with Crippen LogP contribution in [0.2, 0.25) is 5.02 Å². The Kier molecular flexibility index (Phi) is 4.94. The lowest BCUT2D eigenvalue weighted by Gasteiger charge is -2.06. The smallest absolute Gasteiger partial charge is 0.270 e. The molecular formula is C13H16ClN3O3. The number of pyridine rings is 1. The van der Waals surface area contributed by atoms with Gasteiger partial charge in [-0.1, -0.05) is 11.6 Å². The predicted octanol–water partition coefficient (Wildman–Crippen LogP) is 1.03. The molecule has 0 bridgehead atoms. The minimum atomic E-state index is -0.218. The lowest BCUT2D eigenvalue weighted by atomic mass is 10.3. The van der Waals surface area contributed by atoms with Crippen molar-refractivity contribution < 1.29 is 14.6 Å². The molecule has 2 rings (SSSR count). The maximum atomic E-state index is 12.1. The van der Waals surface area contributed by atoms with Crippen molar-refractivity contribution in [1.82, 2.24) is 14.7 Å². The van der Waals surface area contributed by atoms with Crippen LogP contribution in [0.25, 0.3) is 5.65 Å². The summed E-state index contributed by atoms with van der Waals surface area (Å²) in [5, 5.41) is 11.9. The van der Waals surface area contributed by atoms with Crippen molar-refractivity contribution in [2.75, 3.05) is 26.4 Å². The fraction of sp³-hybridized carbons (Fsp3) is 0.385. The number of halogens is 1. The van der Waals surface area contributed by atoms with Gasteiger partial charge in [-0.15, -0.1) is 0 Å². The first-order chi connectivity index (χ1) is 9.63. The lowest BCUT2D eigenvalue weighted by Crippen LogP contribution is -2.29.